The molecule has 0 fully saturated rings. The SMILES string of the molecule is CCCCC(N)CCC.Nc1ccccc1O. The summed E-state index contributed by atoms with van der Waals surface area (Å²) in [6.45, 7) is 4.39. The molecule has 0 heterocycles. The molecular formula is C14H26N2O. The van der Waals surface area contributed by atoms with E-state index in [4.69, 9.17) is 16.6 Å². The number of para-hydroxylation sites is 2. The first-order valence-corrected chi connectivity index (χ1v) is 6.40. The zero-order chi connectivity index (χ0) is 13.1. The van der Waals surface area contributed by atoms with E-state index in [0.717, 1.165) is 0 Å². The second kappa shape index (κ2) is 9.97. The van der Waals surface area contributed by atoms with Crippen LogP contribution in [0.5, 0.6) is 5.75 Å². The van der Waals surface area contributed by atoms with Gasteiger partial charge in [0.05, 0.1) is 5.69 Å². The lowest BCUT2D eigenvalue weighted by Crippen LogP contribution is -2.18. The van der Waals surface area contributed by atoms with Gasteiger partial charge in [0, 0.05) is 6.04 Å². The van der Waals surface area contributed by atoms with Crippen LogP contribution in [0.25, 0.3) is 0 Å². The Morgan fingerprint density at radius 2 is 1.76 bits per heavy atom. The second-order valence-electron chi connectivity index (χ2n) is 4.25. The molecule has 0 aromatic heterocycles. The molecule has 1 aromatic carbocycles. The molecule has 0 radical (unpaired) electrons. The molecule has 0 saturated carbocycles. The summed E-state index contributed by atoms with van der Waals surface area (Å²) in [4.78, 5) is 0. The normalized spacial score (nSPS) is 11.5. The van der Waals surface area contributed by atoms with Crippen molar-refractivity contribution in [3.05, 3.63) is 24.3 Å². The van der Waals surface area contributed by atoms with Crippen LogP contribution < -0.4 is 11.5 Å². The van der Waals surface area contributed by atoms with Crippen molar-refractivity contribution in [1.82, 2.24) is 0 Å². The summed E-state index contributed by atoms with van der Waals surface area (Å²) in [6.07, 6.45) is 6.20. The molecule has 3 nitrogen and oxygen atoms in total. The topological polar surface area (TPSA) is 72.3 Å². The van der Waals surface area contributed by atoms with Crippen molar-refractivity contribution >= 4 is 5.69 Å². The number of anilines is 1. The highest BCUT2D eigenvalue weighted by atomic mass is 16.3. The maximum Gasteiger partial charge on any atom is 0.138 e. The highest BCUT2D eigenvalue weighted by Gasteiger charge is 1.97. The number of rotatable bonds is 5. The molecule has 0 bridgehead atoms. The van der Waals surface area contributed by atoms with Crippen molar-refractivity contribution in [2.24, 2.45) is 5.73 Å². The summed E-state index contributed by atoms with van der Waals surface area (Å²) in [5.41, 5.74) is 11.5. The monoisotopic (exact) mass is 238 g/mol. The van der Waals surface area contributed by atoms with Crippen LogP contribution in [-0.2, 0) is 0 Å². The molecule has 0 aliphatic heterocycles. The van der Waals surface area contributed by atoms with Gasteiger partial charge in [-0.1, -0.05) is 45.2 Å². The predicted molar refractivity (Wildman–Crippen MR) is 74.9 cm³/mol. The first-order chi connectivity index (χ1) is 8.11. The van der Waals surface area contributed by atoms with E-state index >= 15 is 0 Å². The zero-order valence-corrected chi connectivity index (χ0v) is 11.0. The Labute approximate surface area is 105 Å². The summed E-state index contributed by atoms with van der Waals surface area (Å²) in [5, 5.41) is 8.79. The minimum atomic E-state index is 0.146. The number of hydrogen-bond acceptors (Lipinski definition) is 3. The lowest BCUT2D eigenvalue weighted by atomic mass is 10.1. The Hall–Kier alpha value is -1.22. The Morgan fingerprint density at radius 3 is 2.18 bits per heavy atom. The number of aromatic hydroxyl groups is 1. The molecule has 1 rings (SSSR count). The van der Waals surface area contributed by atoms with Crippen LogP contribution in [0.2, 0.25) is 0 Å². The van der Waals surface area contributed by atoms with Gasteiger partial charge in [0.25, 0.3) is 0 Å². The molecule has 0 aliphatic carbocycles. The summed E-state index contributed by atoms with van der Waals surface area (Å²) >= 11 is 0. The number of phenols is 1. The first kappa shape index (κ1) is 15.8. The fourth-order valence-corrected chi connectivity index (χ4v) is 1.47. The van der Waals surface area contributed by atoms with E-state index < -0.39 is 0 Å². The standard InChI is InChI=1S/C8H19N.C6H7NO/c1-3-5-7-8(9)6-4-2;7-5-3-1-2-4-6(5)8/h8H,3-7,9H2,1-2H3;1-4,8H,7H2. The minimum Gasteiger partial charge on any atom is -0.506 e. The van der Waals surface area contributed by atoms with Crippen molar-refractivity contribution < 1.29 is 5.11 Å². The molecule has 1 aromatic rings. The van der Waals surface area contributed by atoms with Crippen molar-refractivity contribution in [3.63, 3.8) is 0 Å². The Morgan fingerprint density at radius 1 is 1.12 bits per heavy atom. The fourth-order valence-electron chi connectivity index (χ4n) is 1.47. The molecular weight excluding hydrogens is 212 g/mol. The largest absolute Gasteiger partial charge is 0.506 e. The van der Waals surface area contributed by atoms with Gasteiger partial charge in [0.2, 0.25) is 0 Å². The third-order valence-corrected chi connectivity index (χ3v) is 2.52. The third-order valence-electron chi connectivity index (χ3n) is 2.52. The van der Waals surface area contributed by atoms with E-state index in [-0.39, 0.29) is 5.75 Å². The van der Waals surface area contributed by atoms with Crippen LogP contribution >= 0.6 is 0 Å². The van der Waals surface area contributed by atoms with E-state index in [9.17, 15) is 0 Å². The van der Waals surface area contributed by atoms with Gasteiger partial charge in [-0.15, -0.1) is 0 Å². The van der Waals surface area contributed by atoms with E-state index in [1.54, 1.807) is 24.3 Å². The van der Waals surface area contributed by atoms with E-state index in [0.29, 0.717) is 11.7 Å². The average Bonchev–Trinajstić information content (AvgIpc) is 2.32. The number of unbranched alkanes of at least 4 members (excludes halogenated alkanes) is 1. The molecule has 0 amide bonds. The molecule has 0 aliphatic rings. The van der Waals surface area contributed by atoms with Gasteiger partial charge in [-0.05, 0) is 25.0 Å². The van der Waals surface area contributed by atoms with Crippen molar-refractivity contribution in [2.75, 3.05) is 5.73 Å². The van der Waals surface area contributed by atoms with Crippen molar-refractivity contribution in [3.8, 4) is 5.75 Å². The first-order valence-electron chi connectivity index (χ1n) is 6.40. The van der Waals surface area contributed by atoms with E-state index in [2.05, 4.69) is 13.8 Å². The van der Waals surface area contributed by atoms with Gasteiger partial charge in [0.1, 0.15) is 5.75 Å². The molecule has 3 heteroatoms. The van der Waals surface area contributed by atoms with Crippen molar-refractivity contribution in [1.29, 1.82) is 0 Å². The van der Waals surface area contributed by atoms with Gasteiger partial charge in [0.15, 0.2) is 0 Å². The number of nitrogen functional groups attached to an aromatic ring is 1. The molecule has 0 spiro atoms. The molecule has 1 unspecified atom stereocenters. The van der Waals surface area contributed by atoms with E-state index in [1.165, 1.54) is 32.1 Å². The van der Waals surface area contributed by atoms with Gasteiger partial charge < -0.3 is 16.6 Å². The van der Waals surface area contributed by atoms with Gasteiger partial charge >= 0.3 is 0 Å². The smallest absolute Gasteiger partial charge is 0.138 e. The lowest BCUT2D eigenvalue weighted by Gasteiger charge is -2.07. The number of phenolic OH excluding ortho intramolecular Hbond substituents is 1. The van der Waals surface area contributed by atoms with Gasteiger partial charge in [-0.3, -0.25) is 0 Å². The summed E-state index contributed by atoms with van der Waals surface area (Å²) in [6, 6.07) is 7.17. The Kier molecular flexibility index (Phi) is 9.25. The predicted octanol–water partition coefficient (Wildman–Crippen LogP) is 3.28. The van der Waals surface area contributed by atoms with Gasteiger partial charge in [-0.2, -0.15) is 0 Å². The van der Waals surface area contributed by atoms with Crippen LogP contribution in [0.4, 0.5) is 5.69 Å². The van der Waals surface area contributed by atoms with E-state index in [1.807, 2.05) is 0 Å². The summed E-state index contributed by atoms with van der Waals surface area (Å²) in [7, 11) is 0. The quantitative estimate of drug-likeness (QED) is 0.544. The van der Waals surface area contributed by atoms with Crippen LogP contribution in [0.15, 0.2) is 24.3 Å². The van der Waals surface area contributed by atoms with Crippen molar-refractivity contribution in [2.45, 2.75) is 52.0 Å². The number of nitrogens with two attached hydrogens (primary N) is 2. The fraction of sp³-hybridized carbons (Fsp3) is 0.571. The van der Waals surface area contributed by atoms with Crippen LogP contribution in [0.3, 0.4) is 0 Å². The number of benzene rings is 1. The zero-order valence-electron chi connectivity index (χ0n) is 11.0. The highest BCUT2D eigenvalue weighted by Crippen LogP contribution is 2.16. The molecule has 0 saturated heterocycles. The average molecular weight is 238 g/mol. The summed E-state index contributed by atoms with van der Waals surface area (Å²) in [5.74, 6) is 0.146. The Bertz CT molecular complexity index is 268. The molecule has 98 valence electrons. The van der Waals surface area contributed by atoms with Crippen LogP contribution in [0.1, 0.15) is 46.0 Å². The lowest BCUT2D eigenvalue weighted by molar-refractivity contribution is 0.478. The maximum absolute atomic E-state index is 8.79. The van der Waals surface area contributed by atoms with Gasteiger partial charge in [-0.25, -0.2) is 0 Å². The second-order valence-corrected chi connectivity index (χ2v) is 4.25. The summed E-state index contributed by atoms with van der Waals surface area (Å²) < 4.78 is 0. The Balaban J connectivity index is 0.000000302. The molecule has 17 heavy (non-hydrogen) atoms. The molecule has 1 atom stereocenters. The maximum atomic E-state index is 8.79. The van der Waals surface area contributed by atoms with Crippen LogP contribution in [0, 0.1) is 0 Å². The minimum absolute atomic E-state index is 0.146. The molecule has 5 N–H and O–H groups in total. The third kappa shape index (κ3) is 8.57. The number of hydrogen-bond donors (Lipinski definition) is 3. The van der Waals surface area contributed by atoms with Crippen LogP contribution in [-0.4, -0.2) is 11.1 Å². The highest BCUT2D eigenvalue weighted by molar-refractivity contribution is 5.50.